The molecule has 2 rings (SSSR count). The number of carbonyl (C=O) groups excluding carboxylic acids is 1. The molecule has 4 N–H and O–H groups in total. The van der Waals surface area contributed by atoms with Crippen LogP contribution in [-0.2, 0) is 11.2 Å². The summed E-state index contributed by atoms with van der Waals surface area (Å²) >= 11 is 0. The third-order valence-corrected chi connectivity index (χ3v) is 3.25. The van der Waals surface area contributed by atoms with Gasteiger partial charge in [-0.25, -0.2) is 0 Å². The maximum Gasteiger partial charge on any atom is 0.237 e. The van der Waals surface area contributed by atoms with E-state index in [0.717, 1.165) is 16.5 Å². The molecule has 1 aromatic heterocycles. The van der Waals surface area contributed by atoms with Gasteiger partial charge in [0.1, 0.15) is 0 Å². The van der Waals surface area contributed by atoms with Crippen LogP contribution in [0, 0.1) is 17.2 Å². The SMILES string of the molecule is CC(C#N)CNC(=O)[C@@H](N)Cc1c[nH]c2ccccc12. The van der Waals surface area contributed by atoms with Crippen LogP contribution in [0.2, 0.25) is 0 Å². The predicted octanol–water partition coefficient (Wildman–Crippen LogP) is 1.31. The van der Waals surface area contributed by atoms with Gasteiger partial charge < -0.3 is 16.0 Å². The van der Waals surface area contributed by atoms with Crippen LogP contribution in [0.15, 0.2) is 30.5 Å². The van der Waals surface area contributed by atoms with E-state index in [0.29, 0.717) is 13.0 Å². The average molecular weight is 270 g/mol. The number of nitrogens with one attached hydrogen (secondary N) is 2. The van der Waals surface area contributed by atoms with Gasteiger partial charge in [0.25, 0.3) is 0 Å². The third-order valence-electron chi connectivity index (χ3n) is 3.25. The van der Waals surface area contributed by atoms with E-state index in [9.17, 15) is 4.79 Å². The Bertz CT molecular complexity index is 641. The number of nitriles is 1. The molecule has 1 aromatic carbocycles. The highest BCUT2D eigenvalue weighted by Crippen LogP contribution is 2.18. The Hall–Kier alpha value is -2.32. The number of H-pyrrole nitrogens is 1. The van der Waals surface area contributed by atoms with E-state index in [-0.39, 0.29) is 11.8 Å². The van der Waals surface area contributed by atoms with Crippen molar-refractivity contribution in [1.29, 1.82) is 5.26 Å². The maximum absolute atomic E-state index is 11.9. The molecule has 2 atom stereocenters. The molecule has 0 radical (unpaired) electrons. The Balaban J connectivity index is 1.99. The highest BCUT2D eigenvalue weighted by Gasteiger charge is 2.16. The molecule has 104 valence electrons. The fraction of sp³-hybridized carbons (Fsp3) is 0.333. The highest BCUT2D eigenvalue weighted by molar-refractivity contribution is 5.86. The summed E-state index contributed by atoms with van der Waals surface area (Å²) in [6, 6.07) is 9.36. The lowest BCUT2D eigenvalue weighted by molar-refractivity contribution is -0.122. The van der Waals surface area contributed by atoms with E-state index in [1.807, 2.05) is 30.5 Å². The molecule has 0 aliphatic rings. The van der Waals surface area contributed by atoms with E-state index in [4.69, 9.17) is 11.0 Å². The number of aromatic amines is 1. The lowest BCUT2D eigenvalue weighted by atomic mass is 10.0. The molecule has 0 spiro atoms. The first-order valence-corrected chi connectivity index (χ1v) is 6.59. The Morgan fingerprint density at radius 2 is 2.25 bits per heavy atom. The van der Waals surface area contributed by atoms with Crippen LogP contribution in [0.5, 0.6) is 0 Å². The molecule has 1 unspecified atom stereocenters. The molecular weight excluding hydrogens is 252 g/mol. The quantitative estimate of drug-likeness (QED) is 0.764. The Morgan fingerprint density at radius 1 is 1.50 bits per heavy atom. The van der Waals surface area contributed by atoms with Crippen LogP contribution in [0.3, 0.4) is 0 Å². The van der Waals surface area contributed by atoms with Crippen molar-refractivity contribution in [3.63, 3.8) is 0 Å². The summed E-state index contributed by atoms with van der Waals surface area (Å²) < 4.78 is 0. The number of nitrogens with two attached hydrogens (primary N) is 1. The second-order valence-corrected chi connectivity index (χ2v) is 4.95. The standard InChI is InChI=1S/C15H18N4O/c1-10(7-16)8-19-15(20)13(17)6-11-9-18-14-5-3-2-4-12(11)14/h2-5,9-10,13,18H,6,8,17H2,1H3,(H,19,20)/t10?,13-/m0/s1. The van der Waals surface area contributed by atoms with Gasteiger partial charge in [-0.2, -0.15) is 5.26 Å². The van der Waals surface area contributed by atoms with Crippen molar-refractivity contribution in [2.75, 3.05) is 6.54 Å². The van der Waals surface area contributed by atoms with Gasteiger partial charge in [-0.05, 0) is 25.0 Å². The van der Waals surface area contributed by atoms with Gasteiger partial charge in [0, 0.05) is 23.6 Å². The van der Waals surface area contributed by atoms with Crippen molar-refractivity contribution in [3.8, 4) is 6.07 Å². The zero-order chi connectivity index (χ0) is 14.5. The molecule has 5 heteroatoms. The second-order valence-electron chi connectivity index (χ2n) is 4.95. The molecule has 0 saturated heterocycles. The van der Waals surface area contributed by atoms with Crippen LogP contribution in [0.25, 0.3) is 10.9 Å². The Kier molecular flexibility index (Phi) is 4.38. The average Bonchev–Trinajstić information content (AvgIpc) is 2.87. The molecule has 5 nitrogen and oxygen atoms in total. The van der Waals surface area contributed by atoms with E-state index in [1.165, 1.54) is 0 Å². The van der Waals surface area contributed by atoms with E-state index < -0.39 is 6.04 Å². The topological polar surface area (TPSA) is 94.7 Å². The minimum atomic E-state index is -0.611. The molecular formula is C15H18N4O. The van der Waals surface area contributed by atoms with Crippen molar-refractivity contribution in [2.45, 2.75) is 19.4 Å². The number of amides is 1. The molecule has 0 aliphatic heterocycles. The Morgan fingerprint density at radius 3 is 3.00 bits per heavy atom. The second kappa shape index (κ2) is 6.22. The van der Waals surface area contributed by atoms with Gasteiger partial charge in [-0.1, -0.05) is 18.2 Å². The first-order valence-electron chi connectivity index (χ1n) is 6.59. The largest absolute Gasteiger partial charge is 0.361 e. The van der Waals surface area contributed by atoms with Crippen LogP contribution < -0.4 is 11.1 Å². The maximum atomic E-state index is 11.9. The number of para-hydroxylation sites is 1. The lowest BCUT2D eigenvalue weighted by Crippen LogP contribution is -2.43. The molecule has 20 heavy (non-hydrogen) atoms. The van der Waals surface area contributed by atoms with Crippen molar-refractivity contribution in [1.82, 2.24) is 10.3 Å². The summed E-state index contributed by atoms with van der Waals surface area (Å²) in [5.74, 6) is -0.434. The van der Waals surface area contributed by atoms with Crippen molar-refractivity contribution in [3.05, 3.63) is 36.0 Å². The van der Waals surface area contributed by atoms with Gasteiger partial charge >= 0.3 is 0 Å². The van der Waals surface area contributed by atoms with Crippen LogP contribution >= 0.6 is 0 Å². The number of fused-ring (bicyclic) bond motifs is 1. The fourth-order valence-corrected chi connectivity index (χ4v) is 2.06. The Labute approximate surface area is 117 Å². The summed E-state index contributed by atoms with van der Waals surface area (Å²) in [6.45, 7) is 2.09. The van der Waals surface area contributed by atoms with Gasteiger partial charge in [0.15, 0.2) is 0 Å². The van der Waals surface area contributed by atoms with Crippen LogP contribution in [0.4, 0.5) is 0 Å². The van der Waals surface area contributed by atoms with Gasteiger partial charge in [-0.15, -0.1) is 0 Å². The highest BCUT2D eigenvalue weighted by atomic mass is 16.2. The summed E-state index contributed by atoms with van der Waals surface area (Å²) in [6.07, 6.45) is 2.35. The van der Waals surface area contributed by atoms with Crippen molar-refractivity contribution >= 4 is 16.8 Å². The smallest absolute Gasteiger partial charge is 0.237 e. The summed E-state index contributed by atoms with van der Waals surface area (Å²) in [5.41, 5.74) is 7.98. The van der Waals surface area contributed by atoms with Gasteiger partial charge in [0.2, 0.25) is 5.91 Å². The van der Waals surface area contributed by atoms with Crippen molar-refractivity contribution in [2.24, 2.45) is 11.7 Å². The number of benzene rings is 1. The van der Waals surface area contributed by atoms with Gasteiger partial charge in [0.05, 0.1) is 18.0 Å². The lowest BCUT2D eigenvalue weighted by Gasteiger charge is -2.12. The normalized spacial score (nSPS) is 13.7. The fourth-order valence-electron chi connectivity index (χ4n) is 2.06. The molecule has 2 aromatic rings. The van der Waals surface area contributed by atoms with Crippen LogP contribution in [-0.4, -0.2) is 23.5 Å². The third kappa shape index (κ3) is 3.16. The first-order chi connectivity index (χ1) is 9.61. The summed E-state index contributed by atoms with van der Waals surface area (Å²) in [4.78, 5) is 15.0. The monoisotopic (exact) mass is 270 g/mol. The minimum Gasteiger partial charge on any atom is -0.361 e. The minimum absolute atomic E-state index is 0.209. The predicted molar refractivity (Wildman–Crippen MR) is 77.8 cm³/mol. The summed E-state index contributed by atoms with van der Waals surface area (Å²) in [7, 11) is 0. The molecule has 0 aliphatic carbocycles. The molecule has 0 bridgehead atoms. The number of rotatable bonds is 5. The first kappa shape index (κ1) is 14.1. The molecule has 1 amide bonds. The molecule has 0 saturated carbocycles. The molecule has 1 heterocycles. The summed E-state index contributed by atoms with van der Waals surface area (Å²) in [5, 5.41) is 12.5. The van der Waals surface area contributed by atoms with E-state index in [2.05, 4.69) is 16.4 Å². The number of nitrogens with zero attached hydrogens (tertiary/aromatic N) is 1. The van der Waals surface area contributed by atoms with Gasteiger partial charge in [-0.3, -0.25) is 4.79 Å². The van der Waals surface area contributed by atoms with E-state index >= 15 is 0 Å². The molecule has 0 fully saturated rings. The number of carbonyl (C=O) groups is 1. The number of aromatic nitrogens is 1. The number of hydrogen-bond donors (Lipinski definition) is 3. The zero-order valence-electron chi connectivity index (χ0n) is 11.4. The zero-order valence-corrected chi connectivity index (χ0v) is 11.4. The van der Waals surface area contributed by atoms with E-state index in [1.54, 1.807) is 6.92 Å². The van der Waals surface area contributed by atoms with Crippen molar-refractivity contribution < 1.29 is 4.79 Å². The number of hydrogen-bond acceptors (Lipinski definition) is 3. The van der Waals surface area contributed by atoms with Crippen LogP contribution in [0.1, 0.15) is 12.5 Å².